The SMILES string of the molecule is CCc1ccc(NC(=O)[C@H](C)OC(=O)CN2C(=O)N[C@@]3(CCCC[C@@H]3C)C2=O)cc1. The van der Waals surface area contributed by atoms with E-state index in [4.69, 9.17) is 4.74 Å². The van der Waals surface area contributed by atoms with E-state index < -0.39 is 36.1 Å². The van der Waals surface area contributed by atoms with Crippen molar-refractivity contribution in [3.8, 4) is 0 Å². The van der Waals surface area contributed by atoms with Crippen LogP contribution in [-0.2, 0) is 25.5 Å². The third kappa shape index (κ3) is 4.32. The Kier molecular flexibility index (Phi) is 6.43. The molecular weight excluding hydrogens is 386 g/mol. The maximum atomic E-state index is 12.9. The number of benzene rings is 1. The van der Waals surface area contributed by atoms with E-state index in [1.165, 1.54) is 6.92 Å². The highest BCUT2D eigenvalue weighted by Gasteiger charge is 2.55. The lowest BCUT2D eigenvalue weighted by Gasteiger charge is -2.36. The number of amides is 4. The predicted octanol–water partition coefficient (Wildman–Crippen LogP) is 2.62. The zero-order valence-corrected chi connectivity index (χ0v) is 17.7. The molecule has 3 rings (SSSR count). The van der Waals surface area contributed by atoms with Crippen molar-refractivity contribution in [3.63, 3.8) is 0 Å². The van der Waals surface area contributed by atoms with Crippen LogP contribution in [0.4, 0.5) is 10.5 Å². The van der Waals surface area contributed by atoms with Gasteiger partial charge in [0.1, 0.15) is 12.1 Å². The number of hydrogen-bond acceptors (Lipinski definition) is 5. The fourth-order valence-electron chi connectivity index (χ4n) is 4.12. The smallest absolute Gasteiger partial charge is 0.327 e. The number of anilines is 1. The Bertz CT molecular complexity index is 838. The molecule has 1 aromatic rings. The Balaban J connectivity index is 1.56. The van der Waals surface area contributed by atoms with Gasteiger partial charge in [0.15, 0.2) is 6.10 Å². The van der Waals surface area contributed by atoms with Gasteiger partial charge in [0, 0.05) is 5.69 Å². The minimum Gasteiger partial charge on any atom is -0.451 e. The molecule has 3 atom stereocenters. The number of imide groups is 1. The molecule has 0 aromatic heterocycles. The number of nitrogens with one attached hydrogen (secondary N) is 2. The van der Waals surface area contributed by atoms with Gasteiger partial charge in [0.05, 0.1) is 0 Å². The van der Waals surface area contributed by atoms with E-state index in [9.17, 15) is 19.2 Å². The Morgan fingerprint density at radius 2 is 1.97 bits per heavy atom. The van der Waals surface area contributed by atoms with E-state index in [1.807, 2.05) is 26.0 Å². The molecule has 8 nitrogen and oxygen atoms in total. The fourth-order valence-corrected chi connectivity index (χ4v) is 4.12. The molecule has 2 N–H and O–H groups in total. The monoisotopic (exact) mass is 415 g/mol. The first-order valence-corrected chi connectivity index (χ1v) is 10.5. The Hall–Kier alpha value is -2.90. The maximum Gasteiger partial charge on any atom is 0.327 e. The maximum absolute atomic E-state index is 12.9. The van der Waals surface area contributed by atoms with Crippen LogP contribution in [-0.4, -0.2) is 46.9 Å². The molecule has 1 saturated heterocycles. The van der Waals surface area contributed by atoms with Gasteiger partial charge in [-0.05, 0) is 49.8 Å². The molecule has 4 amide bonds. The second-order valence-corrected chi connectivity index (χ2v) is 8.11. The summed E-state index contributed by atoms with van der Waals surface area (Å²) in [7, 11) is 0. The molecule has 1 spiro atoms. The van der Waals surface area contributed by atoms with E-state index in [0.29, 0.717) is 12.1 Å². The molecule has 2 aliphatic rings. The molecule has 2 fully saturated rings. The van der Waals surface area contributed by atoms with Crippen LogP contribution < -0.4 is 10.6 Å². The first-order chi connectivity index (χ1) is 14.3. The number of hydrogen-bond donors (Lipinski definition) is 2. The average Bonchev–Trinajstić information content (AvgIpc) is 2.95. The Labute approximate surface area is 176 Å². The third-order valence-corrected chi connectivity index (χ3v) is 6.10. The van der Waals surface area contributed by atoms with Gasteiger partial charge >= 0.3 is 12.0 Å². The van der Waals surface area contributed by atoms with E-state index in [1.54, 1.807) is 12.1 Å². The van der Waals surface area contributed by atoms with Gasteiger partial charge in [-0.2, -0.15) is 0 Å². The molecule has 1 aromatic carbocycles. The lowest BCUT2D eigenvalue weighted by molar-refractivity contribution is -0.155. The minimum absolute atomic E-state index is 0.00696. The van der Waals surface area contributed by atoms with Crippen LogP contribution in [0, 0.1) is 5.92 Å². The van der Waals surface area contributed by atoms with Crippen molar-refractivity contribution in [2.24, 2.45) is 5.92 Å². The highest BCUT2D eigenvalue weighted by molar-refractivity contribution is 6.09. The second-order valence-electron chi connectivity index (χ2n) is 8.11. The summed E-state index contributed by atoms with van der Waals surface area (Å²) in [5.74, 6) is -1.66. The van der Waals surface area contributed by atoms with Crippen LogP contribution in [0.25, 0.3) is 0 Å². The summed E-state index contributed by atoms with van der Waals surface area (Å²) in [5, 5.41) is 5.48. The van der Waals surface area contributed by atoms with Crippen LogP contribution in [0.15, 0.2) is 24.3 Å². The van der Waals surface area contributed by atoms with Gasteiger partial charge < -0.3 is 15.4 Å². The number of aryl methyl sites for hydroxylation is 1. The zero-order valence-electron chi connectivity index (χ0n) is 17.7. The molecule has 30 heavy (non-hydrogen) atoms. The minimum atomic E-state index is -1.06. The predicted molar refractivity (Wildman–Crippen MR) is 111 cm³/mol. The van der Waals surface area contributed by atoms with E-state index in [0.717, 1.165) is 36.1 Å². The summed E-state index contributed by atoms with van der Waals surface area (Å²) < 4.78 is 5.17. The summed E-state index contributed by atoms with van der Waals surface area (Å²) >= 11 is 0. The molecular formula is C22H29N3O5. The van der Waals surface area contributed by atoms with E-state index in [-0.39, 0.29) is 11.8 Å². The van der Waals surface area contributed by atoms with Crippen LogP contribution in [0.3, 0.4) is 0 Å². The zero-order chi connectivity index (χ0) is 21.9. The normalized spacial score (nSPS) is 24.5. The fraction of sp³-hybridized carbons (Fsp3) is 0.545. The van der Waals surface area contributed by atoms with E-state index >= 15 is 0 Å². The topological polar surface area (TPSA) is 105 Å². The third-order valence-electron chi connectivity index (χ3n) is 6.10. The van der Waals surface area contributed by atoms with E-state index in [2.05, 4.69) is 10.6 Å². The molecule has 1 heterocycles. The summed E-state index contributed by atoms with van der Waals surface area (Å²) in [6.45, 7) is 4.92. The number of nitrogens with zero attached hydrogens (tertiary/aromatic N) is 1. The first kappa shape index (κ1) is 21.8. The number of ether oxygens (including phenoxy) is 1. The van der Waals surface area contributed by atoms with Crippen molar-refractivity contribution in [3.05, 3.63) is 29.8 Å². The molecule has 1 aliphatic carbocycles. The molecule has 0 bridgehead atoms. The summed E-state index contributed by atoms with van der Waals surface area (Å²) in [4.78, 5) is 50.8. The van der Waals surface area contributed by atoms with Crippen molar-refractivity contribution in [2.75, 3.05) is 11.9 Å². The van der Waals surface area contributed by atoms with Crippen molar-refractivity contribution < 1.29 is 23.9 Å². The van der Waals surface area contributed by atoms with Gasteiger partial charge in [-0.1, -0.05) is 38.8 Å². The molecule has 0 radical (unpaired) electrons. The Morgan fingerprint density at radius 1 is 1.27 bits per heavy atom. The summed E-state index contributed by atoms with van der Waals surface area (Å²) in [6, 6.07) is 6.80. The summed E-state index contributed by atoms with van der Waals surface area (Å²) in [5.41, 5.74) is 0.817. The Morgan fingerprint density at radius 3 is 2.60 bits per heavy atom. The molecule has 1 aliphatic heterocycles. The van der Waals surface area contributed by atoms with Crippen molar-refractivity contribution in [1.29, 1.82) is 0 Å². The highest BCUT2D eigenvalue weighted by atomic mass is 16.5. The van der Waals surface area contributed by atoms with Gasteiger partial charge in [0.2, 0.25) is 0 Å². The van der Waals surface area contributed by atoms with Crippen molar-refractivity contribution in [2.45, 2.75) is 64.5 Å². The van der Waals surface area contributed by atoms with Crippen LogP contribution >= 0.6 is 0 Å². The van der Waals surface area contributed by atoms with Crippen molar-refractivity contribution >= 4 is 29.5 Å². The summed E-state index contributed by atoms with van der Waals surface area (Å²) in [6.07, 6.45) is 3.12. The number of urea groups is 1. The van der Waals surface area contributed by atoms with Crippen LogP contribution in [0.1, 0.15) is 52.0 Å². The average molecular weight is 415 g/mol. The van der Waals surface area contributed by atoms with Crippen LogP contribution in [0.2, 0.25) is 0 Å². The molecule has 1 saturated carbocycles. The number of carbonyl (C=O) groups is 4. The van der Waals surface area contributed by atoms with Gasteiger partial charge in [-0.3, -0.25) is 19.3 Å². The first-order valence-electron chi connectivity index (χ1n) is 10.5. The standard InChI is InChI=1S/C22H29N3O5/c1-4-16-8-10-17(11-9-16)23-19(27)15(3)30-18(26)13-25-20(28)22(24-21(25)29)12-6-5-7-14(22)2/h8-11,14-15H,4-7,12-13H2,1-3H3,(H,23,27)(H,24,29)/t14-,15-,22+/m0/s1. The number of rotatable bonds is 6. The van der Waals surface area contributed by atoms with Gasteiger partial charge in [-0.25, -0.2) is 4.79 Å². The van der Waals surface area contributed by atoms with Crippen LogP contribution in [0.5, 0.6) is 0 Å². The van der Waals surface area contributed by atoms with Gasteiger partial charge in [0.25, 0.3) is 11.8 Å². The quantitative estimate of drug-likeness (QED) is 0.549. The number of carbonyl (C=O) groups excluding carboxylic acids is 4. The molecule has 8 heteroatoms. The molecule has 162 valence electrons. The second kappa shape index (κ2) is 8.85. The lowest BCUT2D eigenvalue weighted by Crippen LogP contribution is -2.54. The number of esters is 1. The van der Waals surface area contributed by atoms with Crippen molar-refractivity contribution in [1.82, 2.24) is 10.2 Å². The highest BCUT2D eigenvalue weighted by Crippen LogP contribution is 2.38. The largest absolute Gasteiger partial charge is 0.451 e. The molecule has 0 unspecified atom stereocenters. The van der Waals surface area contributed by atoms with Gasteiger partial charge in [-0.15, -0.1) is 0 Å². The lowest BCUT2D eigenvalue weighted by atomic mass is 9.73.